The van der Waals surface area contributed by atoms with Crippen molar-refractivity contribution in [2.45, 2.75) is 26.2 Å². The standard InChI is InChI=1S/C27H22F2N4O4S2/c1-14-15(2)39-24-22(14)23(34)31-21(32-24)13-38-27-30-20(12-16-4-8-18(36-3)9-5-16)25(35)33(27)17-6-10-19(11-7-17)37-26(28)29/h4-12,26H,13H2,1-3H3,(H,31,32,34)/b20-12+. The number of carbonyl (C=O) groups excluding carboxylic acids is 1. The molecule has 4 aromatic rings. The van der Waals surface area contributed by atoms with Gasteiger partial charge in [-0.25, -0.2) is 9.98 Å². The van der Waals surface area contributed by atoms with Crippen LogP contribution < -0.4 is 19.9 Å². The van der Waals surface area contributed by atoms with Crippen molar-refractivity contribution >= 4 is 56.2 Å². The van der Waals surface area contributed by atoms with Gasteiger partial charge >= 0.3 is 6.61 Å². The molecule has 1 aliphatic rings. The van der Waals surface area contributed by atoms with E-state index in [9.17, 15) is 18.4 Å². The molecule has 0 unspecified atom stereocenters. The SMILES string of the molecule is COc1ccc(/C=C2/N=C(SCc3nc4sc(C)c(C)c4c(=O)[nH]3)N(c3ccc(OC(F)F)cc3)C2=O)cc1. The van der Waals surface area contributed by atoms with E-state index in [0.717, 1.165) is 16.0 Å². The number of benzene rings is 2. The molecule has 2 aromatic heterocycles. The van der Waals surface area contributed by atoms with E-state index in [2.05, 4.69) is 19.7 Å². The smallest absolute Gasteiger partial charge is 0.387 e. The van der Waals surface area contributed by atoms with E-state index in [1.807, 2.05) is 13.8 Å². The molecule has 200 valence electrons. The number of alkyl halides is 2. The molecule has 0 aliphatic carbocycles. The Balaban J connectivity index is 1.46. The second-order valence-electron chi connectivity index (χ2n) is 8.47. The van der Waals surface area contributed by atoms with E-state index in [0.29, 0.717) is 32.6 Å². The number of methoxy groups -OCH3 is 1. The monoisotopic (exact) mass is 568 g/mol. The molecular formula is C27H22F2N4O4S2. The van der Waals surface area contributed by atoms with Crippen LogP contribution in [0.3, 0.4) is 0 Å². The van der Waals surface area contributed by atoms with Crippen LogP contribution >= 0.6 is 23.1 Å². The highest BCUT2D eigenvalue weighted by atomic mass is 32.2. The average molecular weight is 569 g/mol. The van der Waals surface area contributed by atoms with Crippen molar-refractivity contribution in [1.82, 2.24) is 9.97 Å². The normalized spacial score (nSPS) is 14.5. The van der Waals surface area contributed by atoms with E-state index in [1.54, 1.807) is 37.5 Å². The number of aromatic nitrogens is 2. The number of carbonyl (C=O) groups is 1. The fourth-order valence-electron chi connectivity index (χ4n) is 3.96. The number of thioether (sulfide) groups is 1. The number of aryl methyl sites for hydroxylation is 2. The molecule has 0 saturated carbocycles. The number of ether oxygens (including phenoxy) is 2. The number of nitrogens with zero attached hydrogens (tertiary/aromatic N) is 3. The Bertz CT molecular complexity index is 1660. The summed E-state index contributed by atoms with van der Waals surface area (Å²) in [6.07, 6.45) is 1.65. The maximum atomic E-state index is 13.5. The quantitative estimate of drug-likeness (QED) is 0.280. The summed E-state index contributed by atoms with van der Waals surface area (Å²) >= 11 is 2.68. The van der Waals surface area contributed by atoms with Crippen LogP contribution in [0.4, 0.5) is 14.5 Å². The highest BCUT2D eigenvalue weighted by Crippen LogP contribution is 2.32. The third kappa shape index (κ3) is 5.57. The van der Waals surface area contributed by atoms with Gasteiger partial charge in [-0.15, -0.1) is 11.3 Å². The van der Waals surface area contributed by atoms with E-state index >= 15 is 0 Å². The highest BCUT2D eigenvalue weighted by molar-refractivity contribution is 8.13. The molecule has 39 heavy (non-hydrogen) atoms. The largest absolute Gasteiger partial charge is 0.497 e. The Morgan fingerprint density at radius 1 is 1.08 bits per heavy atom. The van der Waals surface area contributed by atoms with E-state index in [-0.39, 0.29) is 22.8 Å². The number of hydrogen-bond acceptors (Lipinski definition) is 8. The predicted molar refractivity (Wildman–Crippen MR) is 150 cm³/mol. The van der Waals surface area contributed by atoms with Gasteiger partial charge in [0.15, 0.2) is 5.17 Å². The fraction of sp³-hybridized carbons (Fsp3) is 0.185. The third-order valence-electron chi connectivity index (χ3n) is 5.99. The fourth-order valence-corrected chi connectivity index (χ4v) is 5.89. The molecule has 0 spiro atoms. The molecule has 5 rings (SSSR count). The minimum atomic E-state index is -2.96. The number of aliphatic imine (C=N–C) groups is 1. The first-order valence-corrected chi connectivity index (χ1v) is 13.5. The Morgan fingerprint density at radius 3 is 2.44 bits per heavy atom. The van der Waals surface area contributed by atoms with Crippen LogP contribution in [0.5, 0.6) is 11.5 Å². The zero-order valence-corrected chi connectivity index (χ0v) is 22.7. The number of H-pyrrole nitrogens is 1. The van der Waals surface area contributed by atoms with Gasteiger partial charge in [-0.05, 0) is 67.4 Å². The third-order valence-corrected chi connectivity index (χ3v) is 8.05. The lowest BCUT2D eigenvalue weighted by Gasteiger charge is -2.18. The van der Waals surface area contributed by atoms with Crippen molar-refractivity contribution < 1.29 is 23.0 Å². The van der Waals surface area contributed by atoms with Crippen LogP contribution in [0.2, 0.25) is 0 Å². The molecular weight excluding hydrogens is 546 g/mol. The van der Waals surface area contributed by atoms with Gasteiger partial charge in [0, 0.05) is 4.88 Å². The Morgan fingerprint density at radius 2 is 1.77 bits per heavy atom. The summed E-state index contributed by atoms with van der Waals surface area (Å²) in [6.45, 7) is 0.879. The van der Waals surface area contributed by atoms with Crippen LogP contribution in [0.15, 0.2) is 64.0 Å². The zero-order valence-electron chi connectivity index (χ0n) is 21.0. The first-order chi connectivity index (χ1) is 18.7. The molecule has 8 nitrogen and oxygen atoms in total. The number of halogens is 2. The second-order valence-corrected chi connectivity index (χ2v) is 10.6. The summed E-state index contributed by atoms with van der Waals surface area (Å²) in [5, 5.41) is 0.931. The molecule has 2 aromatic carbocycles. The van der Waals surface area contributed by atoms with E-state index in [4.69, 9.17) is 4.74 Å². The van der Waals surface area contributed by atoms with E-state index in [1.165, 1.54) is 52.3 Å². The molecule has 3 heterocycles. The van der Waals surface area contributed by atoms with Gasteiger partial charge in [-0.1, -0.05) is 23.9 Å². The van der Waals surface area contributed by atoms with Gasteiger partial charge in [0.05, 0.1) is 23.9 Å². The summed E-state index contributed by atoms with van der Waals surface area (Å²) in [4.78, 5) is 41.2. The second kappa shape index (κ2) is 11.0. The van der Waals surface area contributed by atoms with Crippen molar-refractivity contribution in [1.29, 1.82) is 0 Å². The van der Waals surface area contributed by atoms with Crippen LogP contribution in [-0.2, 0) is 10.5 Å². The number of nitrogens with one attached hydrogen (secondary N) is 1. The molecule has 0 atom stereocenters. The minimum Gasteiger partial charge on any atom is -0.497 e. The van der Waals surface area contributed by atoms with Gasteiger partial charge < -0.3 is 14.5 Å². The number of anilines is 1. The predicted octanol–water partition coefficient (Wildman–Crippen LogP) is 5.89. The van der Waals surface area contributed by atoms with Crippen molar-refractivity contribution in [3.63, 3.8) is 0 Å². The van der Waals surface area contributed by atoms with Gasteiger partial charge in [0.25, 0.3) is 11.5 Å². The molecule has 0 radical (unpaired) electrons. The average Bonchev–Trinajstić information content (AvgIpc) is 3.38. The number of thiophene rings is 1. The first kappa shape index (κ1) is 26.6. The molecule has 12 heteroatoms. The van der Waals surface area contributed by atoms with Crippen LogP contribution in [0.25, 0.3) is 16.3 Å². The molecule has 0 saturated heterocycles. The van der Waals surface area contributed by atoms with Crippen LogP contribution in [0.1, 0.15) is 21.8 Å². The van der Waals surface area contributed by atoms with Gasteiger partial charge in [0.2, 0.25) is 0 Å². The lowest BCUT2D eigenvalue weighted by molar-refractivity contribution is -0.113. The summed E-state index contributed by atoms with van der Waals surface area (Å²) in [5.74, 6) is 0.945. The Kier molecular flexibility index (Phi) is 7.49. The summed E-state index contributed by atoms with van der Waals surface area (Å²) in [6, 6.07) is 12.9. The van der Waals surface area contributed by atoms with Crippen LogP contribution in [0, 0.1) is 13.8 Å². The Labute approximate surface area is 230 Å². The summed E-state index contributed by atoms with van der Waals surface area (Å²) in [5.41, 5.74) is 2.06. The highest BCUT2D eigenvalue weighted by Gasteiger charge is 2.32. The molecule has 1 N–H and O–H groups in total. The topological polar surface area (TPSA) is 96.9 Å². The zero-order chi connectivity index (χ0) is 27.7. The lowest BCUT2D eigenvalue weighted by Crippen LogP contribution is -2.30. The first-order valence-electron chi connectivity index (χ1n) is 11.7. The number of fused-ring (bicyclic) bond motifs is 1. The number of hydrogen-bond donors (Lipinski definition) is 1. The van der Waals surface area contributed by atoms with Crippen LogP contribution in [-0.4, -0.2) is 34.8 Å². The van der Waals surface area contributed by atoms with Crippen molar-refractivity contribution in [3.05, 3.63) is 86.4 Å². The summed E-state index contributed by atoms with van der Waals surface area (Å²) < 4.78 is 34.8. The number of amides is 1. The van der Waals surface area contributed by atoms with Gasteiger partial charge in [-0.3, -0.25) is 14.5 Å². The lowest BCUT2D eigenvalue weighted by atomic mass is 10.2. The van der Waals surface area contributed by atoms with Gasteiger partial charge in [0.1, 0.15) is 27.9 Å². The van der Waals surface area contributed by atoms with E-state index < -0.39 is 12.5 Å². The number of amidine groups is 1. The number of aromatic amines is 1. The van der Waals surface area contributed by atoms with Crippen molar-refractivity contribution in [2.75, 3.05) is 12.0 Å². The number of rotatable bonds is 7. The summed E-state index contributed by atoms with van der Waals surface area (Å²) in [7, 11) is 1.57. The molecule has 1 amide bonds. The van der Waals surface area contributed by atoms with Gasteiger partial charge in [-0.2, -0.15) is 8.78 Å². The maximum Gasteiger partial charge on any atom is 0.387 e. The van der Waals surface area contributed by atoms with Crippen molar-refractivity contribution in [2.24, 2.45) is 4.99 Å². The molecule has 0 fully saturated rings. The Hall–Kier alpha value is -4.03. The molecule has 0 bridgehead atoms. The maximum absolute atomic E-state index is 13.5. The molecule has 1 aliphatic heterocycles. The van der Waals surface area contributed by atoms with Crippen molar-refractivity contribution in [3.8, 4) is 11.5 Å². The minimum absolute atomic E-state index is 0.0304.